The molecule has 0 fully saturated rings. The van der Waals surface area contributed by atoms with Gasteiger partial charge in [0, 0.05) is 0 Å². The number of nitriles is 1. The number of methoxy groups -OCH3 is 3. The zero-order valence-electron chi connectivity index (χ0n) is 18.3. The highest BCUT2D eigenvalue weighted by molar-refractivity contribution is 6.17. The number of carbonyl (C=O) groups is 1. The summed E-state index contributed by atoms with van der Waals surface area (Å²) >= 11 is 0. The highest BCUT2D eigenvalue weighted by atomic mass is 16.5. The molecule has 2 aromatic carbocycles. The van der Waals surface area contributed by atoms with Crippen molar-refractivity contribution in [2.75, 3.05) is 21.3 Å². The Labute approximate surface area is 190 Å². The number of para-hydroxylation sites is 1. The fraction of sp³-hybridized carbons (Fsp3) is 0.167. The van der Waals surface area contributed by atoms with Gasteiger partial charge in [0.25, 0.3) is 0 Å². The molecule has 1 heterocycles. The zero-order valence-corrected chi connectivity index (χ0v) is 18.3. The van der Waals surface area contributed by atoms with Crippen molar-refractivity contribution in [3.8, 4) is 29.3 Å². The van der Waals surface area contributed by atoms with Gasteiger partial charge < -0.3 is 23.7 Å². The molecule has 0 N–H and O–H groups in total. The molecule has 0 amide bonds. The van der Waals surface area contributed by atoms with E-state index < -0.39 is 5.97 Å². The van der Waals surface area contributed by atoms with Crippen LogP contribution in [0.2, 0.25) is 0 Å². The average molecular weight is 447 g/mol. The minimum Gasteiger partial charge on any atom is -0.503 e. The van der Waals surface area contributed by atoms with Crippen LogP contribution in [-0.2, 0) is 20.9 Å². The lowest BCUT2D eigenvalue weighted by atomic mass is 10.1. The Morgan fingerprint density at radius 2 is 1.85 bits per heavy atom. The number of esters is 1. The minimum atomic E-state index is -0.673. The van der Waals surface area contributed by atoms with E-state index in [4.69, 9.17) is 23.7 Å². The first-order chi connectivity index (χ1) is 16.1. The van der Waals surface area contributed by atoms with E-state index in [0.29, 0.717) is 17.1 Å². The summed E-state index contributed by atoms with van der Waals surface area (Å²) in [6.45, 7) is 0.215. The summed E-state index contributed by atoms with van der Waals surface area (Å²) in [5, 5.41) is 9.21. The molecule has 33 heavy (non-hydrogen) atoms. The first-order valence-corrected chi connectivity index (χ1v) is 9.70. The van der Waals surface area contributed by atoms with Crippen LogP contribution >= 0.6 is 0 Å². The Bertz CT molecular complexity index is 1200. The van der Waals surface area contributed by atoms with E-state index in [9.17, 15) is 10.1 Å². The van der Waals surface area contributed by atoms with Gasteiger partial charge in [-0.25, -0.2) is 14.8 Å². The van der Waals surface area contributed by atoms with Gasteiger partial charge in [-0.2, -0.15) is 5.26 Å². The molecule has 0 atom stereocenters. The molecule has 0 spiro atoms. The number of hydrogen-bond donors (Lipinski definition) is 0. The van der Waals surface area contributed by atoms with Gasteiger partial charge in [-0.3, -0.25) is 0 Å². The first kappa shape index (κ1) is 23.1. The molecule has 9 nitrogen and oxygen atoms in total. The molecule has 0 unspecified atom stereocenters. The number of ether oxygens (including phenoxy) is 5. The van der Waals surface area contributed by atoms with Crippen LogP contribution in [0.15, 0.2) is 61.1 Å². The quantitative estimate of drug-likeness (QED) is 0.274. The van der Waals surface area contributed by atoms with Crippen molar-refractivity contribution < 1.29 is 28.5 Å². The van der Waals surface area contributed by atoms with Gasteiger partial charge in [0.2, 0.25) is 11.8 Å². The van der Waals surface area contributed by atoms with E-state index in [1.54, 1.807) is 42.5 Å². The van der Waals surface area contributed by atoms with Crippen molar-refractivity contribution in [1.29, 1.82) is 5.26 Å². The third kappa shape index (κ3) is 5.57. The van der Waals surface area contributed by atoms with Crippen molar-refractivity contribution in [2.45, 2.75) is 6.61 Å². The lowest BCUT2D eigenvalue weighted by molar-refractivity contribution is -0.133. The molecule has 0 saturated carbocycles. The van der Waals surface area contributed by atoms with Gasteiger partial charge in [0.05, 0.1) is 33.2 Å². The molecule has 1 aromatic heterocycles. The molecule has 0 aliphatic rings. The number of rotatable bonds is 9. The van der Waals surface area contributed by atoms with Gasteiger partial charge in [-0.15, -0.1) is 0 Å². The van der Waals surface area contributed by atoms with Crippen molar-refractivity contribution in [3.05, 3.63) is 77.8 Å². The summed E-state index contributed by atoms with van der Waals surface area (Å²) in [6, 6.07) is 16.2. The molecular formula is C24H21N3O6. The molecule has 3 aromatic rings. The van der Waals surface area contributed by atoms with Crippen molar-refractivity contribution in [3.63, 3.8) is 0 Å². The van der Waals surface area contributed by atoms with Crippen molar-refractivity contribution in [2.24, 2.45) is 0 Å². The van der Waals surface area contributed by atoms with Gasteiger partial charge in [0.15, 0.2) is 0 Å². The molecular weight excluding hydrogens is 426 g/mol. The largest absolute Gasteiger partial charge is 0.503 e. The standard InChI is InChI=1S/C24H21N3O6/c1-29-14-19(24(28)31-3)21-22(30-2)26-15-27-23(21)33-18-9-6-7-16(11-18)13-32-20-10-5-4-8-17(20)12-25/h4-11,14-15H,13H2,1-3H3. The van der Waals surface area contributed by atoms with Crippen LogP contribution in [0, 0.1) is 11.3 Å². The molecule has 0 bridgehead atoms. The normalized spacial score (nSPS) is 10.7. The Kier molecular flexibility index (Phi) is 7.81. The second-order valence-corrected chi connectivity index (χ2v) is 6.47. The summed E-state index contributed by atoms with van der Waals surface area (Å²) in [5.41, 5.74) is 1.45. The van der Waals surface area contributed by atoms with Crippen LogP contribution < -0.4 is 14.2 Å². The zero-order chi connectivity index (χ0) is 23.6. The predicted molar refractivity (Wildman–Crippen MR) is 118 cm³/mol. The topological polar surface area (TPSA) is 113 Å². The highest BCUT2D eigenvalue weighted by Crippen LogP contribution is 2.35. The van der Waals surface area contributed by atoms with Crippen LogP contribution in [0.4, 0.5) is 0 Å². The maximum absolute atomic E-state index is 12.3. The molecule has 0 radical (unpaired) electrons. The smallest absolute Gasteiger partial charge is 0.342 e. The third-order valence-electron chi connectivity index (χ3n) is 4.40. The van der Waals surface area contributed by atoms with E-state index in [1.165, 1.54) is 33.9 Å². The third-order valence-corrected chi connectivity index (χ3v) is 4.40. The van der Waals surface area contributed by atoms with Gasteiger partial charge >= 0.3 is 5.97 Å². The van der Waals surface area contributed by atoms with E-state index in [0.717, 1.165) is 5.56 Å². The number of carbonyl (C=O) groups excluding carboxylic acids is 1. The molecule has 3 rings (SSSR count). The van der Waals surface area contributed by atoms with Gasteiger partial charge in [-0.05, 0) is 29.8 Å². The minimum absolute atomic E-state index is 0.0278. The molecule has 168 valence electrons. The second-order valence-electron chi connectivity index (χ2n) is 6.47. The summed E-state index contributed by atoms with van der Waals surface area (Å²) in [6.07, 6.45) is 2.46. The summed E-state index contributed by atoms with van der Waals surface area (Å²) in [5.74, 6) is 0.438. The van der Waals surface area contributed by atoms with E-state index in [1.807, 2.05) is 6.07 Å². The fourth-order valence-corrected chi connectivity index (χ4v) is 2.91. The summed E-state index contributed by atoms with van der Waals surface area (Å²) < 4.78 is 26.9. The second kappa shape index (κ2) is 11.2. The van der Waals surface area contributed by atoms with Crippen LogP contribution in [0.1, 0.15) is 16.7 Å². The fourth-order valence-electron chi connectivity index (χ4n) is 2.91. The summed E-state index contributed by atoms with van der Waals surface area (Å²) in [4.78, 5) is 20.5. The Balaban J connectivity index is 1.89. The van der Waals surface area contributed by atoms with Crippen molar-refractivity contribution in [1.82, 2.24) is 9.97 Å². The predicted octanol–water partition coefficient (Wildman–Crippen LogP) is 3.89. The SMILES string of the molecule is COC=C(C(=O)OC)c1c(OC)ncnc1Oc1cccc(COc2ccccc2C#N)c1. The summed E-state index contributed by atoms with van der Waals surface area (Å²) in [7, 11) is 4.05. The Hall–Kier alpha value is -4.58. The van der Waals surface area contributed by atoms with Gasteiger partial charge in [0.1, 0.15) is 41.6 Å². The highest BCUT2D eigenvalue weighted by Gasteiger charge is 2.25. The van der Waals surface area contributed by atoms with Crippen molar-refractivity contribution >= 4 is 11.5 Å². The average Bonchev–Trinajstić information content (AvgIpc) is 2.86. The Morgan fingerprint density at radius 1 is 1.06 bits per heavy atom. The van der Waals surface area contributed by atoms with Crippen LogP contribution in [0.25, 0.3) is 5.57 Å². The van der Waals surface area contributed by atoms with Crippen LogP contribution in [-0.4, -0.2) is 37.3 Å². The lowest BCUT2D eigenvalue weighted by Gasteiger charge is -2.14. The van der Waals surface area contributed by atoms with E-state index in [-0.39, 0.29) is 29.5 Å². The first-order valence-electron chi connectivity index (χ1n) is 9.70. The number of aromatic nitrogens is 2. The van der Waals surface area contributed by atoms with E-state index >= 15 is 0 Å². The molecule has 0 aliphatic carbocycles. The maximum Gasteiger partial charge on any atom is 0.342 e. The monoisotopic (exact) mass is 447 g/mol. The van der Waals surface area contributed by atoms with Crippen LogP contribution in [0.3, 0.4) is 0 Å². The van der Waals surface area contributed by atoms with Crippen LogP contribution in [0.5, 0.6) is 23.3 Å². The maximum atomic E-state index is 12.3. The molecule has 0 aliphatic heterocycles. The number of benzene rings is 2. The number of hydrogen-bond acceptors (Lipinski definition) is 9. The Morgan fingerprint density at radius 3 is 2.58 bits per heavy atom. The van der Waals surface area contributed by atoms with E-state index in [2.05, 4.69) is 16.0 Å². The number of nitrogens with zero attached hydrogens (tertiary/aromatic N) is 3. The lowest BCUT2D eigenvalue weighted by Crippen LogP contribution is -2.09. The van der Waals surface area contributed by atoms with Gasteiger partial charge in [-0.1, -0.05) is 24.3 Å². The molecule has 0 saturated heterocycles. The molecule has 9 heteroatoms.